The standard InChI is InChI=1S/C30H38F3N7O4/c31-30(32,33)22-9-7-20(8-10-22)16-26(29(44)38-23-17-21-4-1-2-6-25(21)37-18-23)39-28(43)24(36)5-3-13-40(14-11-34,15-12-35)19-27(41)42/h1-2,4,6-10,17-18,24,26H,3,5,11-16,19,34-36H2,(H2-,38,39,41,42,43,44)/p+1/t24?,26-/m1/s1. The molecule has 0 aliphatic carbocycles. The number of para-hydroxylation sites is 1. The topological polar surface area (TPSA) is 186 Å². The maximum absolute atomic E-state index is 13.4. The molecule has 2 aromatic carbocycles. The lowest BCUT2D eigenvalue weighted by Gasteiger charge is -2.37. The van der Waals surface area contributed by atoms with Crippen molar-refractivity contribution in [2.45, 2.75) is 37.5 Å². The average Bonchev–Trinajstić information content (AvgIpc) is 2.96. The predicted octanol–water partition coefficient (Wildman–Crippen LogP) is 1.85. The van der Waals surface area contributed by atoms with Crippen LogP contribution in [0.25, 0.3) is 10.9 Å². The highest BCUT2D eigenvalue weighted by atomic mass is 19.4. The highest BCUT2D eigenvalue weighted by Crippen LogP contribution is 2.29. The number of fused-ring (bicyclic) bond motifs is 1. The molecule has 0 aliphatic heterocycles. The summed E-state index contributed by atoms with van der Waals surface area (Å²) in [5.41, 5.74) is 18.3. The second kappa shape index (κ2) is 15.6. The number of nitrogens with one attached hydrogen (secondary N) is 2. The molecule has 1 unspecified atom stereocenters. The highest BCUT2D eigenvalue weighted by Gasteiger charge is 2.32. The van der Waals surface area contributed by atoms with E-state index in [4.69, 9.17) is 17.2 Å². The molecule has 0 spiro atoms. The third-order valence-electron chi connectivity index (χ3n) is 7.37. The number of quaternary nitrogens is 1. The van der Waals surface area contributed by atoms with Crippen molar-refractivity contribution < 1.29 is 37.1 Å². The number of hydrogen-bond acceptors (Lipinski definition) is 7. The second-order valence-corrected chi connectivity index (χ2v) is 10.8. The van der Waals surface area contributed by atoms with E-state index in [9.17, 15) is 32.7 Å². The van der Waals surface area contributed by atoms with E-state index < -0.39 is 41.6 Å². The first-order chi connectivity index (χ1) is 20.9. The Labute approximate surface area is 253 Å². The van der Waals surface area contributed by atoms with E-state index in [0.29, 0.717) is 37.3 Å². The van der Waals surface area contributed by atoms with Crippen molar-refractivity contribution in [3.63, 3.8) is 0 Å². The minimum absolute atomic E-state index is 0.102. The van der Waals surface area contributed by atoms with Crippen molar-refractivity contribution in [3.8, 4) is 0 Å². The number of benzene rings is 2. The van der Waals surface area contributed by atoms with Crippen LogP contribution in [0.15, 0.2) is 60.8 Å². The maximum Gasteiger partial charge on any atom is 0.416 e. The minimum atomic E-state index is -4.52. The Balaban J connectivity index is 1.73. The van der Waals surface area contributed by atoms with Crippen molar-refractivity contribution in [1.82, 2.24) is 10.3 Å². The second-order valence-electron chi connectivity index (χ2n) is 10.8. The van der Waals surface area contributed by atoms with Crippen LogP contribution in [0.4, 0.5) is 18.9 Å². The predicted molar refractivity (Wildman–Crippen MR) is 160 cm³/mol. The molecule has 2 atom stereocenters. The van der Waals surface area contributed by atoms with Crippen LogP contribution in [-0.4, -0.2) is 83.7 Å². The fraction of sp³-hybridized carbons (Fsp3) is 0.400. The zero-order chi connectivity index (χ0) is 32.3. The Morgan fingerprint density at radius 2 is 1.61 bits per heavy atom. The van der Waals surface area contributed by atoms with Crippen molar-refractivity contribution in [3.05, 3.63) is 71.9 Å². The summed E-state index contributed by atoms with van der Waals surface area (Å²) in [6, 6.07) is 11.1. The SMILES string of the molecule is NCC[N+](CCN)(CCCC(N)C(=O)N[C@H](Cc1ccc(C(F)(F)F)cc1)C(=O)Nc1cnc2ccccc2c1)CC(=O)O. The van der Waals surface area contributed by atoms with Gasteiger partial charge in [-0.3, -0.25) is 14.6 Å². The molecule has 238 valence electrons. The zero-order valence-electron chi connectivity index (χ0n) is 24.2. The Bertz CT molecular complexity index is 1410. The van der Waals surface area contributed by atoms with Gasteiger partial charge in [-0.1, -0.05) is 30.3 Å². The van der Waals surface area contributed by atoms with Gasteiger partial charge in [0.2, 0.25) is 11.8 Å². The molecular formula is C30H39F3N7O4+. The third kappa shape index (κ3) is 9.98. The number of amides is 2. The van der Waals surface area contributed by atoms with E-state index in [1.54, 1.807) is 6.07 Å². The molecule has 11 nitrogen and oxygen atoms in total. The molecule has 0 bridgehead atoms. The molecule has 9 N–H and O–H groups in total. The molecule has 3 aromatic rings. The summed E-state index contributed by atoms with van der Waals surface area (Å²) in [5.74, 6) is -2.24. The third-order valence-corrected chi connectivity index (χ3v) is 7.37. The van der Waals surface area contributed by atoms with Crippen LogP contribution in [0.5, 0.6) is 0 Å². The number of anilines is 1. The number of aliphatic carboxylic acids is 1. The molecule has 0 radical (unpaired) electrons. The number of carboxylic acids is 1. The zero-order valence-corrected chi connectivity index (χ0v) is 24.2. The number of halogens is 3. The normalized spacial score (nSPS) is 13.3. The van der Waals surface area contributed by atoms with E-state index in [0.717, 1.165) is 23.0 Å². The van der Waals surface area contributed by atoms with Gasteiger partial charge in [0.05, 0.1) is 48.6 Å². The number of carbonyl (C=O) groups excluding carboxylic acids is 2. The molecule has 0 fully saturated rings. The molecule has 2 amide bonds. The van der Waals surface area contributed by atoms with E-state index in [-0.39, 0.29) is 37.0 Å². The number of alkyl halides is 3. The molecule has 14 heteroatoms. The monoisotopic (exact) mass is 618 g/mol. The molecule has 1 heterocycles. The van der Waals surface area contributed by atoms with E-state index in [2.05, 4.69) is 15.6 Å². The van der Waals surface area contributed by atoms with Crippen molar-refractivity contribution in [2.24, 2.45) is 17.2 Å². The van der Waals surface area contributed by atoms with E-state index >= 15 is 0 Å². The van der Waals surface area contributed by atoms with Crippen LogP contribution in [0.2, 0.25) is 0 Å². The number of aromatic nitrogens is 1. The number of pyridine rings is 1. The quantitative estimate of drug-likeness (QED) is 0.131. The molecule has 0 saturated heterocycles. The first-order valence-corrected chi connectivity index (χ1v) is 14.2. The summed E-state index contributed by atoms with van der Waals surface area (Å²) in [5, 5.41) is 15.5. The van der Waals surface area contributed by atoms with Gasteiger partial charge in [-0.05, 0) is 42.7 Å². The Morgan fingerprint density at radius 3 is 2.23 bits per heavy atom. The van der Waals surface area contributed by atoms with Gasteiger partial charge in [-0.15, -0.1) is 0 Å². The summed E-state index contributed by atoms with van der Waals surface area (Å²) < 4.78 is 39.3. The van der Waals surface area contributed by atoms with Crippen molar-refractivity contribution in [1.29, 1.82) is 0 Å². The van der Waals surface area contributed by atoms with Crippen LogP contribution in [0.3, 0.4) is 0 Å². The van der Waals surface area contributed by atoms with E-state index in [1.807, 2.05) is 24.3 Å². The molecule has 44 heavy (non-hydrogen) atoms. The summed E-state index contributed by atoms with van der Waals surface area (Å²) in [7, 11) is 0. The number of carboxylic acid groups (broad SMARTS) is 1. The lowest BCUT2D eigenvalue weighted by molar-refractivity contribution is -0.919. The Hall–Kier alpha value is -4.11. The number of nitrogens with zero attached hydrogens (tertiary/aromatic N) is 2. The summed E-state index contributed by atoms with van der Waals surface area (Å²) in [4.78, 5) is 42.3. The molecule has 0 saturated carbocycles. The fourth-order valence-electron chi connectivity index (χ4n) is 5.11. The molecular weight excluding hydrogens is 579 g/mol. The van der Waals surface area contributed by atoms with Gasteiger partial charge >= 0.3 is 12.1 Å². The van der Waals surface area contributed by atoms with Crippen LogP contribution in [0.1, 0.15) is 24.0 Å². The van der Waals surface area contributed by atoms with Crippen molar-refractivity contribution in [2.75, 3.05) is 44.6 Å². The first-order valence-electron chi connectivity index (χ1n) is 14.2. The molecule has 0 aliphatic rings. The highest BCUT2D eigenvalue weighted by molar-refractivity contribution is 5.99. The number of hydrogen-bond donors (Lipinski definition) is 6. The summed E-state index contributed by atoms with van der Waals surface area (Å²) >= 11 is 0. The molecule has 3 rings (SSSR count). The lowest BCUT2D eigenvalue weighted by Crippen LogP contribution is -2.57. The number of carbonyl (C=O) groups is 3. The lowest BCUT2D eigenvalue weighted by atomic mass is 10.0. The van der Waals surface area contributed by atoms with Crippen molar-refractivity contribution >= 4 is 34.4 Å². The van der Waals surface area contributed by atoms with Gasteiger partial charge in [0.15, 0.2) is 6.54 Å². The smallest absolute Gasteiger partial charge is 0.416 e. The van der Waals surface area contributed by atoms with Gasteiger partial charge in [0.25, 0.3) is 0 Å². The summed E-state index contributed by atoms with van der Waals surface area (Å²) in [6.45, 7) is 1.51. The van der Waals surface area contributed by atoms with Gasteiger partial charge in [-0.25, -0.2) is 4.79 Å². The average molecular weight is 619 g/mol. The van der Waals surface area contributed by atoms with Crippen LogP contribution in [-0.2, 0) is 27.0 Å². The first kappa shape index (κ1) is 34.4. The Morgan fingerprint density at radius 1 is 0.955 bits per heavy atom. The largest absolute Gasteiger partial charge is 0.477 e. The maximum atomic E-state index is 13.4. The van der Waals surface area contributed by atoms with Gasteiger partial charge in [-0.2, -0.15) is 13.2 Å². The Kier molecular flexibility index (Phi) is 12.2. The summed E-state index contributed by atoms with van der Waals surface area (Å²) in [6.07, 6.45) is -2.58. The van der Waals surface area contributed by atoms with Crippen LogP contribution < -0.4 is 27.8 Å². The number of nitrogens with two attached hydrogens (primary N) is 3. The van der Waals surface area contributed by atoms with Gasteiger partial charge in [0.1, 0.15) is 6.04 Å². The van der Waals surface area contributed by atoms with Gasteiger partial charge < -0.3 is 37.4 Å². The van der Waals surface area contributed by atoms with E-state index in [1.165, 1.54) is 18.3 Å². The van der Waals surface area contributed by atoms with Crippen LogP contribution in [0, 0.1) is 0 Å². The fourth-order valence-corrected chi connectivity index (χ4v) is 5.11. The minimum Gasteiger partial charge on any atom is -0.477 e. The van der Waals surface area contributed by atoms with Gasteiger partial charge in [0, 0.05) is 24.9 Å². The number of rotatable bonds is 16. The molecule has 1 aromatic heterocycles. The van der Waals surface area contributed by atoms with Crippen LogP contribution >= 0.6 is 0 Å².